The summed E-state index contributed by atoms with van der Waals surface area (Å²) >= 11 is 6.31. The third kappa shape index (κ3) is 3.78. The number of ether oxygens (including phenoxy) is 1. The molecule has 2 aromatic carbocycles. The van der Waals surface area contributed by atoms with Crippen LogP contribution in [0, 0.1) is 0 Å². The maximum atomic E-state index is 6.31. The molecule has 0 aliphatic rings. The van der Waals surface area contributed by atoms with Crippen LogP contribution in [0.4, 0.5) is 0 Å². The van der Waals surface area contributed by atoms with Gasteiger partial charge in [-0.25, -0.2) is 0 Å². The van der Waals surface area contributed by atoms with Gasteiger partial charge in [0.25, 0.3) is 0 Å². The molecule has 0 bridgehead atoms. The monoisotopic (exact) mass is 303 g/mol. The molecule has 0 spiro atoms. The number of rotatable bonds is 6. The van der Waals surface area contributed by atoms with Gasteiger partial charge in [-0.05, 0) is 48.2 Å². The Morgan fingerprint density at radius 3 is 2.57 bits per heavy atom. The second-order valence-electron chi connectivity index (χ2n) is 5.16. The van der Waals surface area contributed by atoms with Crippen molar-refractivity contribution in [3.05, 3.63) is 64.2 Å². The quantitative estimate of drug-likeness (QED) is 0.868. The van der Waals surface area contributed by atoms with Gasteiger partial charge in [0, 0.05) is 10.9 Å². The van der Waals surface area contributed by atoms with E-state index in [0.717, 1.165) is 29.2 Å². The van der Waals surface area contributed by atoms with E-state index >= 15 is 0 Å². The molecule has 0 aliphatic heterocycles. The number of nitrogens with two attached hydrogens (primary N) is 1. The van der Waals surface area contributed by atoms with E-state index in [9.17, 15) is 0 Å². The molecule has 2 nitrogen and oxygen atoms in total. The van der Waals surface area contributed by atoms with E-state index in [2.05, 4.69) is 25.1 Å². The number of halogens is 1. The van der Waals surface area contributed by atoms with Crippen molar-refractivity contribution in [2.45, 2.75) is 25.7 Å². The molecule has 0 fully saturated rings. The van der Waals surface area contributed by atoms with Gasteiger partial charge >= 0.3 is 0 Å². The average Bonchev–Trinajstić information content (AvgIpc) is 2.53. The van der Waals surface area contributed by atoms with Gasteiger partial charge in [0.05, 0.1) is 7.11 Å². The van der Waals surface area contributed by atoms with Gasteiger partial charge < -0.3 is 10.5 Å². The Labute approximate surface area is 131 Å². The Morgan fingerprint density at radius 1 is 1.19 bits per heavy atom. The van der Waals surface area contributed by atoms with Crippen molar-refractivity contribution in [3.63, 3.8) is 0 Å². The lowest BCUT2D eigenvalue weighted by Gasteiger charge is -2.19. The molecular weight excluding hydrogens is 282 g/mol. The Kier molecular flexibility index (Phi) is 5.66. The van der Waals surface area contributed by atoms with Gasteiger partial charge in [0.2, 0.25) is 0 Å². The van der Waals surface area contributed by atoms with E-state index in [0.29, 0.717) is 6.54 Å². The summed E-state index contributed by atoms with van der Waals surface area (Å²) in [6, 6.07) is 14.3. The standard InChI is InChI=1S/C18H22ClNO/c1-3-13-8-9-18(21-2)14(10-13)11-15(12-20)16-6-4-5-7-17(16)19/h4-10,15H,3,11-12,20H2,1-2H3. The number of methoxy groups -OCH3 is 1. The van der Waals surface area contributed by atoms with Crippen molar-refractivity contribution in [1.29, 1.82) is 0 Å². The normalized spacial score (nSPS) is 12.2. The first-order valence-electron chi connectivity index (χ1n) is 7.29. The maximum Gasteiger partial charge on any atom is 0.122 e. The molecule has 0 saturated heterocycles. The van der Waals surface area contributed by atoms with Crippen LogP contribution in [0.5, 0.6) is 5.75 Å². The first kappa shape index (κ1) is 15.9. The number of aryl methyl sites for hydroxylation is 1. The second-order valence-corrected chi connectivity index (χ2v) is 5.57. The van der Waals surface area contributed by atoms with Gasteiger partial charge in [-0.2, -0.15) is 0 Å². The van der Waals surface area contributed by atoms with Gasteiger partial charge in [-0.3, -0.25) is 0 Å². The fourth-order valence-electron chi connectivity index (χ4n) is 2.60. The Bertz CT molecular complexity index is 598. The molecule has 21 heavy (non-hydrogen) atoms. The summed E-state index contributed by atoms with van der Waals surface area (Å²) in [7, 11) is 1.71. The third-order valence-corrected chi connectivity index (χ3v) is 4.19. The van der Waals surface area contributed by atoms with E-state index in [4.69, 9.17) is 22.1 Å². The maximum absolute atomic E-state index is 6.31. The minimum atomic E-state index is 0.194. The highest BCUT2D eigenvalue weighted by Gasteiger charge is 2.16. The van der Waals surface area contributed by atoms with Crippen molar-refractivity contribution < 1.29 is 4.74 Å². The summed E-state index contributed by atoms with van der Waals surface area (Å²) < 4.78 is 5.48. The molecule has 2 aromatic rings. The first-order valence-corrected chi connectivity index (χ1v) is 7.67. The molecule has 0 aliphatic carbocycles. The predicted molar refractivity (Wildman–Crippen MR) is 89.3 cm³/mol. The molecule has 0 saturated carbocycles. The molecule has 112 valence electrons. The molecule has 2 N–H and O–H groups in total. The first-order chi connectivity index (χ1) is 10.2. The molecule has 1 atom stereocenters. The Hall–Kier alpha value is -1.51. The van der Waals surface area contributed by atoms with E-state index in [-0.39, 0.29) is 5.92 Å². The lowest BCUT2D eigenvalue weighted by atomic mass is 9.90. The Balaban J connectivity index is 2.32. The zero-order valence-corrected chi connectivity index (χ0v) is 13.4. The van der Waals surface area contributed by atoms with Crippen LogP contribution in [0.15, 0.2) is 42.5 Å². The number of hydrogen-bond donors (Lipinski definition) is 1. The number of benzene rings is 2. The highest BCUT2D eigenvalue weighted by atomic mass is 35.5. The van der Waals surface area contributed by atoms with Crippen LogP contribution in [-0.2, 0) is 12.8 Å². The van der Waals surface area contributed by atoms with Gasteiger partial charge in [-0.15, -0.1) is 0 Å². The van der Waals surface area contributed by atoms with Gasteiger partial charge in [0.15, 0.2) is 0 Å². The predicted octanol–water partition coefficient (Wildman–Crippen LogP) is 4.20. The summed E-state index contributed by atoms with van der Waals surface area (Å²) in [5, 5.41) is 0.776. The van der Waals surface area contributed by atoms with Crippen LogP contribution in [0.3, 0.4) is 0 Å². The van der Waals surface area contributed by atoms with Crippen molar-refractivity contribution >= 4 is 11.6 Å². The lowest BCUT2D eigenvalue weighted by molar-refractivity contribution is 0.408. The second kappa shape index (κ2) is 7.48. The topological polar surface area (TPSA) is 35.2 Å². The smallest absolute Gasteiger partial charge is 0.122 e. The van der Waals surface area contributed by atoms with Crippen LogP contribution in [0.25, 0.3) is 0 Å². The molecule has 1 unspecified atom stereocenters. The van der Waals surface area contributed by atoms with Crippen LogP contribution < -0.4 is 10.5 Å². The van der Waals surface area contributed by atoms with E-state index in [1.807, 2.05) is 24.3 Å². The highest BCUT2D eigenvalue weighted by molar-refractivity contribution is 6.31. The zero-order valence-electron chi connectivity index (χ0n) is 12.6. The fourth-order valence-corrected chi connectivity index (χ4v) is 2.89. The number of hydrogen-bond acceptors (Lipinski definition) is 2. The highest BCUT2D eigenvalue weighted by Crippen LogP contribution is 2.30. The van der Waals surface area contributed by atoms with E-state index in [1.54, 1.807) is 7.11 Å². The molecule has 0 amide bonds. The third-order valence-electron chi connectivity index (χ3n) is 3.85. The minimum Gasteiger partial charge on any atom is -0.496 e. The van der Waals surface area contributed by atoms with Crippen LogP contribution >= 0.6 is 11.6 Å². The summed E-state index contributed by atoms with van der Waals surface area (Å²) in [6.45, 7) is 2.71. The summed E-state index contributed by atoms with van der Waals surface area (Å²) in [5.74, 6) is 1.11. The minimum absolute atomic E-state index is 0.194. The molecule has 3 heteroatoms. The SMILES string of the molecule is CCc1ccc(OC)c(CC(CN)c2ccccc2Cl)c1. The molecule has 0 radical (unpaired) electrons. The summed E-state index contributed by atoms with van der Waals surface area (Å²) in [6.07, 6.45) is 1.84. The van der Waals surface area contributed by atoms with Crippen LogP contribution in [0.2, 0.25) is 5.02 Å². The summed E-state index contributed by atoms with van der Waals surface area (Å²) in [4.78, 5) is 0. The average molecular weight is 304 g/mol. The van der Waals surface area contributed by atoms with Crippen molar-refractivity contribution in [2.24, 2.45) is 5.73 Å². The zero-order chi connectivity index (χ0) is 15.2. The molecular formula is C18H22ClNO. The fraction of sp³-hybridized carbons (Fsp3) is 0.333. The van der Waals surface area contributed by atoms with Gasteiger partial charge in [-0.1, -0.05) is 48.9 Å². The van der Waals surface area contributed by atoms with E-state index < -0.39 is 0 Å². The van der Waals surface area contributed by atoms with Crippen LogP contribution in [0.1, 0.15) is 29.5 Å². The molecule has 0 aromatic heterocycles. The summed E-state index contributed by atoms with van der Waals surface area (Å²) in [5.41, 5.74) is 9.58. The van der Waals surface area contributed by atoms with Crippen LogP contribution in [-0.4, -0.2) is 13.7 Å². The van der Waals surface area contributed by atoms with Crippen molar-refractivity contribution in [1.82, 2.24) is 0 Å². The largest absolute Gasteiger partial charge is 0.496 e. The van der Waals surface area contributed by atoms with Crippen molar-refractivity contribution in [2.75, 3.05) is 13.7 Å². The van der Waals surface area contributed by atoms with Gasteiger partial charge in [0.1, 0.15) is 5.75 Å². The van der Waals surface area contributed by atoms with E-state index in [1.165, 1.54) is 11.1 Å². The molecule has 0 heterocycles. The molecule has 2 rings (SSSR count). The Morgan fingerprint density at radius 2 is 1.95 bits per heavy atom. The lowest BCUT2D eigenvalue weighted by Crippen LogP contribution is -2.16. The van der Waals surface area contributed by atoms with Crippen molar-refractivity contribution in [3.8, 4) is 5.75 Å².